The molecular formula is C19H40N2. The molecular weight excluding hydrogens is 256 g/mol. The number of hydrogen-bond donors (Lipinski definition) is 1. The minimum atomic E-state index is 0.279. The second-order valence-corrected chi connectivity index (χ2v) is 7.69. The van der Waals surface area contributed by atoms with Gasteiger partial charge in [0.1, 0.15) is 0 Å². The average Bonchev–Trinajstić information content (AvgIpc) is 2.73. The predicted octanol–water partition coefficient (Wildman–Crippen LogP) is 4.84. The van der Waals surface area contributed by atoms with Crippen molar-refractivity contribution in [3.05, 3.63) is 0 Å². The molecule has 0 saturated carbocycles. The number of rotatable bonds is 9. The van der Waals surface area contributed by atoms with Crippen molar-refractivity contribution in [2.75, 3.05) is 19.6 Å². The molecule has 0 aromatic heterocycles. The van der Waals surface area contributed by atoms with Crippen molar-refractivity contribution < 1.29 is 0 Å². The van der Waals surface area contributed by atoms with E-state index < -0.39 is 0 Å². The van der Waals surface area contributed by atoms with Crippen molar-refractivity contribution in [1.29, 1.82) is 0 Å². The minimum Gasteiger partial charge on any atom is -0.312 e. The SMILES string of the molecule is CCCNC(CC(C)CCC)C(C)(C)N1CCCCCC1. The fraction of sp³-hybridized carbons (Fsp3) is 1.00. The molecule has 2 atom stereocenters. The first kappa shape index (κ1) is 19.0. The third-order valence-electron chi connectivity index (χ3n) is 5.33. The molecule has 0 radical (unpaired) electrons. The van der Waals surface area contributed by atoms with Gasteiger partial charge in [-0.15, -0.1) is 0 Å². The summed E-state index contributed by atoms with van der Waals surface area (Å²) in [5, 5.41) is 3.88. The second kappa shape index (κ2) is 9.84. The van der Waals surface area contributed by atoms with Crippen molar-refractivity contribution >= 4 is 0 Å². The molecule has 0 amide bonds. The van der Waals surface area contributed by atoms with Crippen molar-refractivity contribution in [2.45, 2.75) is 97.6 Å². The lowest BCUT2D eigenvalue weighted by molar-refractivity contribution is 0.0733. The van der Waals surface area contributed by atoms with Crippen LogP contribution in [0.25, 0.3) is 0 Å². The Hall–Kier alpha value is -0.0800. The molecule has 2 heteroatoms. The molecule has 0 aromatic rings. The van der Waals surface area contributed by atoms with Gasteiger partial charge in [0.25, 0.3) is 0 Å². The van der Waals surface area contributed by atoms with Gasteiger partial charge >= 0.3 is 0 Å². The van der Waals surface area contributed by atoms with E-state index in [0.29, 0.717) is 6.04 Å². The molecule has 0 aromatic carbocycles. The van der Waals surface area contributed by atoms with Gasteiger partial charge in [-0.1, -0.05) is 46.5 Å². The summed E-state index contributed by atoms with van der Waals surface area (Å²) in [5.74, 6) is 0.829. The van der Waals surface area contributed by atoms with E-state index in [1.807, 2.05) is 0 Å². The van der Waals surface area contributed by atoms with Gasteiger partial charge in [0.2, 0.25) is 0 Å². The Morgan fingerprint density at radius 2 is 1.62 bits per heavy atom. The number of nitrogens with zero attached hydrogens (tertiary/aromatic N) is 1. The van der Waals surface area contributed by atoms with Gasteiger partial charge < -0.3 is 5.32 Å². The van der Waals surface area contributed by atoms with Crippen LogP contribution < -0.4 is 5.32 Å². The topological polar surface area (TPSA) is 15.3 Å². The first-order valence-electron chi connectivity index (χ1n) is 9.50. The summed E-state index contributed by atoms with van der Waals surface area (Å²) >= 11 is 0. The van der Waals surface area contributed by atoms with Crippen LogP contribution in [0, 0.1) is 5.92 Å². The Balaban J connectivity index is 2.71. The fourth-order valence-electron chi connectivity index (χ4n) is 3.82. The Kier molecular flexibility index (Phi) is 8.89. The lowest BCUT2D eigenvalue weighted by atomic mass is 9.84. The highest BCUT2D eigenvalue weighted by atomic mass is 15.2. The summed E-state index contributed by atoms with van der Waals surface area (Å²) in [6, 6.07) is 0.622. The Morgan fingerprint density at radius 1 is 1.00 bits per heavy atom. The lowest BCUT2D eigenvalue weighted by Gasteiger charge is -2.45. The molecule has 1 fully saturated rings. The van der Waals surface area contributed by atoms with Crippen LogP contribution in [0.15, 0.2) is 0 Å². The van der Waals surface area contributed by atoms with Crippen LogP contribution in [0.2, 0.25) is 0 Å². The highest BCUT2D eigenvalue weighted by Crippen LogP contribution is 2.28. The molecule has 0 bridgehead atoms. The molecule has 126 valence electrons. The molecule has 2 unspecified atom stereocenters. The van der Waals surface area contributed by atoms with Gasteiger partial charge in [0.15, 0.2) is 0 Å². The van der Waals surface area contributed by atoms with Gasteiger partial charge in [-0.25, -0.2) is 0 Å². The number of nitrogens with one attached hydrogen (secondary N) is 1. The zero-order valence-electron chi connectivity index (χ0n) is 15.4. The van der Waals surface area contributed by atoms with E-state index in [-0.39, 0.29) is 5.54 Å². The summed E-state index contributed by atoms with van der Waals surface area (Å²) in [4.78, 5) is 2.77. The normalized spacial score (nSPS) is 21.0. The molecule has 21 heavy (non-hydrogen) atoms. The van der Waals surface area contributed by atoms with E-state index in [2.05, 4.69) is 44.8 Å². The van der Waals surface area contributed by atoms with Crippen molar-refractivity contribution in [2.24, 2.45) is 5.92 Å². The van der Waals surface area contributed by atoms with Crippen molar-refractivity contribution in [3.63, 3.8) is 0 Å². The number of likely N-dealkylation sites (tertiary alicyclic amines) is 1. The third kappa shape index (κ3) is 6.28. The molecule has 1 rings (SSSR count). The van der Waals surface area contributed by atoms with Gasteiger partial charge in [0.05, 0.1) is 0 Å². The zero-order chi connectivity index (χ0) is 15.7. The van der Waals surface area contributed by atoms with Crippen LogP contribution in [-0.4, -0.2) is 36.1 Å². The predicted molar refractivity (Wildman–Crippen MR) is 94.9 cm³/mol. The minimum absolute atomic E-state index is 0.279. The lowest BCUT2D eigenvalue weighted by Crippen LogP contribution is -2.58. The summed E-state index contributed by atoms with van der Waals surface area (Å²) in [7, 11) is 0. The maximum atomic E-state index is 3.88. The maximum absolute atomic E-state index is 3.88. The average molecular weight is 297 g/mol. The van der Waals surface area contributed by atoms with Crippen LogP contribution in [0.4, 0.5) is 0 Å². The third-order valence-corrected chi connectivity index (χ3v) is 5.33. The monoisotopic (exact) mass is 296 g/mol. The molecule has 1 N–H and O–H groups in total. The molecule has 0 aliphatic carbocycles. The van der Waals surface area contributed by atoms with Crippen LogP contribution in [0.3, 0.4) is 0 Å². The summed E-state index contributed by atoms with van der Waals surface area (Å²) in [6.07, 6.45) is 10.8. The van der Waals surface area contributed by atoms with E-state index in [1.165, 1.54) is 64.5 Å². The fourth-order valence-corrected chi connectivity index (χ4v) is 3.82. The van der Waals surface area contributed by atoms with Gasteiger partial charge in [-0.3, -0.25) is 4.90 Å². The maximum Gasteiger partial charge on any atom is 0.0306 e. The van der Waals surface area contributed by atoms with Crippen LogP contribution in [0.1, 0.15) is 86.0 Å². The Morgan fingerprint density at radius 3 is 2.14 bits per heavy atom. The summed E-state index contributed by atoms with van der Waals surface area (Å²) in [5.41, 5.74) is 0.279. The highest BCUT2D eigenvalue weighted by molar-refractivity contribution is 4.95. The van der Waals surface area contributed by atoms with Crippen molar-refractivity contribution in [1.82, 2.24) is 10.2 Å². The van der Waals surface area contributed by atoms with Crippen LogP contribution in [-0.2, 0) is 0 Å². The van der Waals surface area contributed by atoms with E-state index in [0.717, 1.165) is 12.5 Å². The van der Waals surface area contributed by atoms with E-state index in [4.69, 9.17) is 0 Å². The molecule has 1 heterocycles. The van der Waals surface area contributed by atoms with E-state index >= 15 is 0 Å². The highest BCUT2D eigenvalue weighted by Gasteiger charge is 2.35. The van der Waals surface area contributed by atoms with Crippen LogP contribution >= 0.6 is 0 Å². The summed E-state index contributed by atoms with van der Waals surface area (Å²) < 4.78 is 0. The van der Waals surface area contributed by atoms with Gasteiger partial charge in [-0.05, 0) is 65.1 Å². The second-order valence-electron chi connectivity index (χ2n) is 7.69. The van der Waals surface area contributed by atoms with Gasteiger partial charge in [-0.2, -0.15) is 0 Å². The van der Waals surface area contributed by atoms with Crippen LogP contribution in [0.5, 0.6) is 0 Å². The zero-order valence-corrected chi connectivity index (χ0v) is 15.4. The molecule has 0 spiro atoms. The molecule has 1 aliphatic rings. The van der Waals surface area contributed by atoms with Crippen molar-refractivity contribution in [3.8, 4) is 0 Å². The Labute approximate surface area is 134 Å². The molecule has 2 nitrogen and oxygen atoms in total. The molecule has 1 saturated heterocycles. The standard InChI is InChI=1S/C19H40N2/c1-6-12-17(3)16-18(20-13-7-2)19(4,5)21-14-10-8-9-11-15-21/h17-18,20H,6-16H2,1-5H3. The van der Waals surface area contributed by atoms with E-state index in [9.17, 15) is 0 Å². The first-order chi connectivity index (χ1) is 10.0. The largest absolute Gasteiger partial charge is 0.312 e. The summed E-state index contributed by atoms with van der Waals surface area (Å²) in [6.45, 7) is 15.7. The Bertz CT molecular complexity index is 254. The quantitative estimate of drug-likeness (QED) is 0.655. The number of hydrogen-bond acceptors (Lipinski definition) is 2. The van der Waals surface area contributed by atoms with Gasteiger partial charge in [0, 0.05) is 11.6 Å². The smallest absolute Gasteiger partial charge is 0.0306 e. The van der Waals surface area contributed by atoms with E-state index in [1.54, 1.807) is 0 Å². The first-order valence-corrected chi connectivity index (χ1v) is 9.50. The molecule has 1 aliphatic heterocycles.